The first-order valence-electron chi connectivity index (χ1n) is 11.6. The maximum Gasteiger partial charge on any atom is 0.322 e. The van der Waals surface area contributed by atoms with Crippen LogP contribution in [-0.4, -0.2) is 91.0 Å². The second-order valence-corrected chi connectivity index (χ2v) is 11.5. The van der Waals surface area contributed by atoms with Crippen LogP contribution in [0.15, 0.2) is 10.3 Å². The van der Waals surface area contributed by atoms with Gasteiger partial charge in [-0.05, 0) is 25.6 Å². The Balaban J connectivity index is 1.46. The molecule has 0 radical (unpaired) electrons. The summed E-state index contributed by atoms with van der Waals surface area (Å²) < 4.78 is 5.31. The van der Waals surface area contributed by atoms with Gasteiger partial charge in [0.2, 0.25) is 23.3 Å². The predicted octanol–water partition coefficient (Wildman–Crippen LogP) is -1.55. The lowest BCUT2D eigenvalue weighted by molar-refractivity contribution is -0.668. The van der Waals surface area contributed by atoms with Crippen LogP contribution in [0.1, 0.15) is 18.3 Å². The number of nitrogens with one attached hydrogen (secondary N) is 2. The van der Waals surface area contributed by atoms with Crippen molar-refractivity contribution < 1.29 is 29.0 Å². The van der Waals surface area contributed by atoms with Gasteiger partial charge in [0, 0.05) is 36.6 Å². The van der Waals surface area contributed by atoms with Gasteiger partial charge in [-0.25, -0.2) is 0 Å². The molecule has 2 aromatic rings. The first-order chi connectivity index (χ1) is 18.5. The van der Waals surface area contributed by atoms with E-state index in [2.05, 4.69) is 30.1 Å². The van der Waals surface area contributed by atoms with Crippen molar-refractivity contribution >= 4 is 75.3 Å². The number of fused-ring (bicyclic) bond motifs is 1. The van der Waals surface area contributed by atoms with Gasteiger partial charge < -0.3 is 36.9 Å². The number of carbonyl (C=O) groups excluding carboxylic acids is 2. The fourth-order valence-electron chi connectivity index (χ4n) is 4.01. The smallest absolute Gasteiger partial charge is 0.322 e. The predicted molar refractivity (Wildman–Crippen MR) is 146 cm³/mol. The fraction of sp³-hybridized carbons (Fsp3) is 0.500. The van der Waals surface area contributed by atoms with Gasteiger partial charge in [-0.3, -0.25) is 20.2 Å². The van der Waals surface area contributed by atoms with E-state index in [1.54, 1.807) is 20.9 Å². The molecule has 16 nitrogen and oxygen atoms in total. The number of thioether (sulfide) groups is 2. The monoisotopic (exact) mass is 598 g/mol. The number of aliphatic carboxylic acids is 1. The van der Waals surface area contributed by atoms with Gasteiger partial charge in [0.05, 0.1) is 5.56 Å². The Labute approximate surface area is 235 Å². The second-order valence-electron chi connectivity index (χ2n) is 8.68. The van der Waals surface area contributed by atoms with Crippen molar-refractivity contribution in [1.82, 2.24) is 24.6 Å². The number of carboxylic acid groups (broad SMARTS) is 1. The summed E-state index contributed by atoms with van der Waals surface area (Å²) in [6, 6.07) is -0.882. The highest BCUT2D eigenvalue weighted by Crippen LogP contribution is 2.44. The molecular formula is C20H28N11O5S3+. The number of β-lactam (4-membered cyclic amide) rings is 1. The molecule has 4 heterocycles. The number of anilines is 3. The van der Waals surface area contributed by atoms with Crippen LogP contribution in [0, 0.1) is 12.3 Å². The molecule has 9 N–H and O–H groups in total. The molecule has 210 valence electrons. The lowest BCUT2D eigenvalue weighted by atomic mass is 9.89. The molecule has 39 heavy (non-hydrogen) atoms. The SMILES string of the molecule is CCON=C(C(=O)NC1C(=O)N2CC(CSc3nc(N)c(C)c(NC)[n+]3N)(C(=O)O)CS[C@H]12)c1nsc(N)n1. The van der Waals surface area contributed by atoms with Crippen molar-refractivity contribution in [3.05, 3.63) is 11.4 Å². The highest BCUT2D eigenvalue weighted by molar-refractivity contribution is 8.00. The van der Waals surface area contributed by atoms with Crippen molar-refractivity contribution in [2.45, 2.75) is 30.4 Å². The molecule has 4 rings (SSSR count). The van der Waals surface area contributed by atoms with Crippen molar-refractivity contribution in [2.75, 3.05) is 54.3 Å². The molecule has 0 aliphatic carbocycles. The molecule has 2 aliphatic rings. The van der Waals surface area contributed by atoms with Crippen LogP contribution in [-0.2, 0) is 19.2 Å². The average molecular weight is 599 g/mol. The summed E-state index contributed by atoms with van der Waals surface area (Å²) >= 11 is 3.29. The summed E-state index contributed by atoms with van der Waals surface area (Å²) in [6.45, 7) is 3.61. The van der Waals surface area contributed by atoms with Gasteiger partial charge >= 0.3 is 11.1 Å². The van der Waals surface area contributed by atoms with Crippen LogP contribution in [0.3, 0.4) is 0 Å². The van der Waals surface area contributed by atoms with E-state index in [0.717, 1.165) is 23.3 Å². The zero-order valence-electron chi connectivity index (χ0n) is 21.2. The number of nitrogens with two attached hydrogens (primary N) is 3. The average Bonchev–Trinajstić information content (AvgIpc) is 3.34. The molecule has 2 aliphatic heterocycles. The van der Waals surface area contributed by atoms with Crippen LogP contribution >= 0.6 is 35.1 Å². The molecule has 0 saturated carbocycles. The molecule has 3 atom stereocenters. The van der Waals surface area contributed by atoms with Gasteiger partial charge in [-0.15, -0.1) is 16.4 Å². The number of aromatic nitrogens is 4. The summed E-state index contributed by atoms with van der Waals surface area (Å²) in [5.74, 6) is 5.05. The van der Waals surface area contributed by atoms with Crippen molar-refractivity contribution in [2.24, 2.45) is 10.6 Å². The molecule has 0 aromatic carbocycles. The van der Waals surface area contributed by atoms with E-state index in [0.29, 0.717) is 16.5 Å². The molecule has 0 spiro atoms. The van der Waals surface area contributed by atoms with Crippen LogP contribution in [0.25, 0.3) is 0 Å². The Kier molecular flexibility index (Phi) is 8.21. The van der Waals surface area contributed by atoms with Crippen molar-refractivity contribution in [3.63, 3.8) is 0 Å². The zero-order valence-corrected chi connectivity index (χ0v) is 23.7. The highest BCUT2D eigenvalue weighted by atomic mass is 32.2. The van der Waals surface area contributed by atoms with E-state index < -0.39 is 34.6 Å². The summed E-state index contributed by atoms with van der Waals surface area (Å²) in [5.41, 5.74) is 10.8. The topological polar surface area (TPSA) is 241 Å². The highest BCUT2D eigenvalue weighted by Gasteiger charge is 2.57. The number of nitrogen functional groups attached to an aromatic ring is 3. The minimum atomic E-state index is -1.28. The standard InChI is InChI=1S/C20H27N11O5S3/c1-4-36-28-9(12-27-18(22)39-29-12)14(32)25-10-15(33)30-5-20(17(34)35,6-37-16(10)30)7-38-19-26-11(21)8(2)13(24-3)31(19)23/h10,16H,4-7,23H2,1-3H3,(H6,21,22,24,25,27,29,32,34,35)/p+1/t10?,16-,20?/m1/s1. The van der Waals surface area contributed by atoms with E-state index in [4.69, 9.17) is 22.1 Å². The van der Waals surface area contributed by atoms with Gasteiger partial charge in [-0.2, -0.15) is 9.36 Å². The largest absolute Gasteiger partial charge is 0.481 e. The van der Waals surface area contributed by atoms with E-state index in [9.17, 15) is 19.5 Å². The number of oxime groups is 1. The number of hydrogen-bond acceptors (Lipinski definition) is 15. The fourth-order valence-corrected chi connectivity index (χ4v) is 7.23. The lowest BCUT2D eigenvalue weighted by Crippen LogP contribution is -2.74. The number of hydrogen-bond donors (Lipinski definition) is 6. The molecule has 19 heteroatoms. The zero-order chi connectivity index (χ0) is 28.5. The molecule has 2 saturated heterocycles. The molecule has 2 amide bonds. The minimum Gasteiger partial charge on any atom is -0.481 e. The van der Waals surface area contributed by atoms with Crippen LogP contribution < -0.4 is 32.6 Å². The second kappa shape index (κ2) is 11.3. The van der Waals surface area contributed by atoms with Gasteiger partial charge in [-0.1, -0.05) is 10.1 Å². The third-order valence-electron chi connectivity index (χ3n) is 6.16. The Bertz CT molecular complexity index is 1340. The van der Waals surface area contributed by atoms with Crippen LogP contribution in [0.5, 0.6) is 0 Å². The van der Waals surface area contributed by atoms with E-state index in [1.165, 1.54) is 21.3 Å². The summed E-state index contributed by atoms with van der Waals surface area (Å²) in [6.07, 6.45) is 0. The number of carbonyl (C=O) groups is 3. The van der Waals surface area contributed by atoms with Crippen LogP contribution in [0.4, 0.5) is 16.8 Å². The summed E-state index contributed by atoms with van der Waals surface area (Å²) in [5, 5.41) is 19.6. The van der Waals surface area contributed by atoms with Gasteiger partial charge in [0.15, 0.2) is 5.13 Å². The summed E-state index contributed by atoms with van der Waals surface area (Å²) in [7, 11) is 1.69. The maximum atomic E-state index is 13.0. The van der Waals surface area contributed by atoms with E-state index in [-0.39, 0.29) is 47.1 Å². The molecule has 0 bridgehead atoms. The van der Waals surface area contributed by atoms with E-state index in [1.807, 2.05) is 0 Å². The van der Waals surface area contributed by atoms with Gasteiger partial charge in [0.25, 0.3) is 11.7 Å². The third kappa shape index (κ3) is 5.33. The Morgan fingerprint density at radius 3 is 2.74 bits per heavy atom. The minimum absolute atomic E-state index is 0.0192. The van der Waals surface area contributed by atoms with Crippen molar-refractivity contribution in [3.8, 4) is 0 Å². The molecule has 2 fully saturated rings. The molecule has 2 unspecified atom stereocenters. The Morgan fingerprint density at radius 2 is 2.13 bits per heavy atom. The molecule has 2 aromatic heterocycles. The first-order valence-corrected chi connectivity index (χ1v) is 14.4. The quantitative estimate of drug-likeness (QED) is 0.0345. The number of nitrogens with zero attached hydrogens (tertiary/aromatic N) is 6. The van der Waals surface area contributed by atoms with E-state index >= 15 is 0 Å². The van der Waals surface area contributed by atoms with Crippen molar-refractivity contribution in [1.29, 1.82) is 0 Å². The number of rotatable bonds is 10. The number of amides is 2. The van der Waals surface area contributed by atoms with Gasteiger partial charge in [0.1, 0.15) is 23.4 Å². The number of carboxylic acids is 1. The maximum absolute atomic E-state index is 13.0. The Morgan fingerprint density at radius 1 is 1.38 bits per heavy atom. The summed E-state index contributed by atoms with van der Waals surface area (Å²) in [4.78, 5) is 53.2. The lowest BCUT2D eigenvalue weighted by Gasteiger charge is -2.53. The first kappa shape index (κ1) is 28.4. The molecular weight excluding hydrogens is 570 g/mol. The Hall–Kier alpha value is -3.58. The van der Waals surface area contributed by atoms with Crippen LogP contribution in [0.2, 0.25) is 0 Å². The normalized spacial score (nSPS) is 22.6. The third-order valence-corrected chi connectivity index (χ3v) is 9.53.